The van der Waals surface area contributed by atoms with Crippen LogP contribution in [0.5, 0.6) is 5.75 Å². The molecule has 0 amide bonds. The second-order valence-corrected chi connectivity index (χ2v) is 17.4. The molecule has 0 aliphatic heterocycles. The minimum absolute atomic E-state index is 0.00185. The molecule has 1 rings (SSSR count). The lowest BCUT2D eigenvalue weighted by molar-refractivity contribution is -0.131. The minimum atomic E-state index is -1.29. The van der Waals surface area contributed by atoms with Gasteiger partial charge in [-0.2, -0.15) is 0 Å². The van der Waals surface area contributed by atoms with Gasteiger partial charge in [-0.15, -0.1) is 11.8 Å². The van der Waals surface area contributed by atoms with Crippen molar-refractivity contribution in [1.29, 1.82) is 0 Å². The van der Waals surface area contributed by atoms with E-state index in [4.69, 9.17) is 4.74 Å². The molecule has 0 aliphatic carbocycles. The van der Waals surface area contributed by atoms with Crippen molar-refractivity contribution in [1.82, 2.24) is 0 Å². The number of hydrogen-bond donors (Lipinski definition) is 0. The van der Waals surface area contributed by atoms with Gasteiger partial charge in [0.25, 0.3) is 0 Å². The van der Waals surface area contributed by atoms with Gasteiger partial charge in [0.2, 0.25) is 0 Å². The number of hydrogen-bond acceptors (Lipinski definition) is 3. The van der Waals surface area contributed by atoms with Crippen molar-refractivity contribution in [3.05, 3.63) is 23.3 Å². The van der Waals surface area contributed by atoms with Gasteiger partial charge in [0, 0.05) is 17.4 Å². The molecule has 0 aliphatic rings. The summed E-state index contributed by atoms with van der Waals surface area (Å²) in [6.07, 6.45) is 3.91. The molecular weight excluding hydrogens is 404 g/mol. The van der Waals surface area contributed by atoms with Gasteiger partial charge >= 0.3 is 5.97 Å². The number of carbonyl (C=O) groups excluding carboxylic acids is 1. The summed E-state index contributed by atoms with van der Waals surface area (Å²) in [7, 11) is -1.29. The normalized spacial score (nSPS) is 12.9. The van der Waals surface area contributed by atoms with E-state index >= 15 is 0 Å². The summed E-state index contributed by atoms with van der Waals surface area (Å²) in [5.74, 6) is 0.476. The highest BCUT2D eigenvalue weighted by Gasteiger charge is 2.32. The highest BCUT2D eigenvalue weighted by atomic mass is 32.2. The van der Waals surface area contributed by atoms with Crippen molar-refractivity contribution in [3.63, 3.8) is 0 Å². The Hall–Kier alpha value is -0.743. The zero-order valence-corrected chi connectivity index (χ0v) is 23.1. The van der Waals surface area contributed by atoms with Crippen LogP contribution >= 0.6 is 11.8 Å². The molecule has 0 saturated carbocycles. The van der Waals surface area contributed by atoms with Crippen molar-refractivity contribution < 1.29 is 9.53 Å². The third-order valence-electron chi connectivity index (χ3n) is 5.83. The summed E-state index contributed by atoms with van der Waals surface area (Å²) in [5, 5.41) is 1.29. The van der Waals surface area contributed by atoms with E-state index in [0.29, 0.717) is 0 Å². The van der Waals surface area contributed by atoms with E-state index in [1.165, 1.54) is 60.2 Å². The Morgan fingerprint density at radius 1 is 0.867 bits per heavy atom. The first-order valence-corrected chi connectivity index (χ1v) is 15.6. The maximum Gasteiger partial charge on any atom is 0.308 e. The van der Waals surface area contributed by atoms with E-state index in [2.05, 4.69) is 86.2 Å². The molecule has 0 atom stereocenters. The molecule has 4 heteroatoms. The van der Waals surface area contributed by atoms with Crippen LogP contribution in [0.15, 0.2) is 17.0 Å². The summed E-state index contributed by atoms with van der Waals surface area (Å²) >= 11 is 2.08. The molecule has 2 nitrogen and oxygen atoms in total. The monoisotopic (exact) mass is 450 g/mol. The van der Waals surface area contributed by atoms with Gasteiger partial charge in [0.1, 0.15) is 5.75 Å². The van der Waals surface area contributed by atoms with Crippen molar-refractivity contribution >= 4 is 25.8 Å². The van der Waals surface area contributed by atoms with E-state index in [0.717, 1.165) is 11.3 Å². The van der Waals surface area contributed by atoms with Crippen LogP contribution in [0.3, 0.4) is 0 Å². The Labute approximate surface area is 192 Å². The molecule has 1 aromatic rings. The Balaban J connectivity index is 3.49. The third kappa shape index (κ3) is 7.75. The van der Waals surface area contributed by atoms with Gasteiger partial charge in [-0.1, -0.05) is 99.7 Å². The molecule has 0 bridgehead atoms. The average molecular weight is 451 g/mol. The zero-order chi connectivity index (χ0) is 23.2. The average Bonchev–Trinajstić information content (AvgIpc) is 2.58. The van der Waals surface area contributed by atoms with Gasteiger partial charge in [0.15, 0.2) is 0 Å². The molecule has 0 heterocycles. The summed E-state index contributed by atoms with van der Waals surface area (Å²) < 4.78 is 5.68. The van der Waals surface area contributed by atoms with Gasteiger partial charge in [-0.3, -0.25) is 4.79 Å². The number of ether oxygens (including phenoxy) is 1. The van der Waals surface area contributed by atoms with Crippen LogP contribution in [0.4, 0.5) is 0 Å². The Bertz CT molecular complexity index is 681. The quantitative estimate of drug-likeness (QED) is 0.155. The Morgan fingerprint density at radius 3 is 1.70 bits per heavy atom. The van der Waals surface area contributed by atoms with Gasteiger partial charge < -0.3 is 4.74 Å². The highest BCUT2D eigenvalue weighted by molar-refractivity contribution is 8.01. The fourth-order valence-electron chi connectivity index (χ4n) is 4.50. The minimum Gasteiger partial charge on any atom is -0.426 e. The molecule has 0 aromatic heterocycles. The van der Waals surface area contributed by atoms with E-state index < -0.39 is 8.07 Å². The van der Waals surface area contributed by atoms with Crippen LogP contribution < -0.4 is 4.74 Å². The standard InChI is InChI=1S/C26H46O2SSi/c1-11-14-30(15-12-2,16-13-3)19-29-24-18-21(25(5,6)7)23(28-20(4)27)17-22(24)26(8,9)10/h17-18H,11-16,19H2,1-10H3. The maximum absolute atomic E-state index is 11.8. The van der Waals surface area contributed by atoms with Crippen molar-refractivity contribution in [2.75, 3.05) is 5.38 Å². The van der Waals surface area contributed by atoms with E-state index in [9.17, 15) is 4.79 Å². The summed E-state index contributed by atoms with van der Waals surface area (Å²) in [5.41, 5.74) is 2.34. The fourth-order valence-corrected chi connectivity index (χ4v) is 12.7. The molecular formula is C26H46O2SSi. The first kappa shape index (κ1) is 27.3. The Morgan fingerprint density at radius 2 is 1.33 bits per heavy atom. The molecule has 0 radical (unpaired) electrons. The summed E-state index contributed by atoms with van der Waals surface area (Å²) in [6, 6.07) is 8.78. The number of esters is 1. The van der Waals surface area contributed by atoms with Gasteiger partial charge in [-0.25, -0.2) is 0 Å². The van der Waals surface area contributed by atoms with Gasteiger partial charge in [0.05, 0.1) is 8.07 Å². The molecule has 172 valence electrons. The van der Waals surface area contributed by atoms with E-state index in [1.54, 1.807) is 0 Å². The first-order valence-electron chi connectivity index (χ1n) is 11.8. The van der Waals surface area contributed by atoms with Crippen LogP contribution in [0.25, 0.3) is 0 Å². The van der Waals surface area contributed by atoms with E-state index in [1.807, 2.05) is 0 Å². The predicted molar refractivity (Wildman–Crippen MR) is 137 cm³/mol. The van der Waals surface area contributed by atoms with Crippen LogP contribution in [0.1, 0.15) is 99.6 Å². The third-order valence-corrected chi connectivity index (χ3v) is 14.2. The van der Waals surface area contributed by atoms with Crippen LogP contribution in [-0.2, 0) is 15.6 Å². The fraction of sp³-hybridized carbons (Fsp3) is 0.731. The van der Waals surface area contributed by atoms with E-state index in [-0.39, 0.29) is 16.8 Å². The molecule has 0 spiro atoms. The lowest BCUT2D eigenvalue weighted by atomic mass is 9.81. The van der Waals surface area contributed by atoms with Crippen LogP contribution in [0.2, 0.25) is 18.1 Å². The van der Waals surface area contributed by atoms with Crippen molar-refractivity contribution in [2.45, 2.75) is 122 Å². The first-order chi connectivity index (χ1) is 13.8. The lowest BCUT2D eigenvalue weighted by Gasteiger charge is -2.33. The topological polar surface area (TPSA) is 26.3 Å². The molecule has 30 heavy (non-hydrogen) atoms. The second-order valence-electron chi connectivity index (χ2n) is 11.0. The largest absolute Gasteiger partial charge is 0.426 e. The molecule has 0 saturated heterocycles. The molecule has 0 N–H and O–H groups in total. The van der Waals surface area contributed by atoms with Crippen molar-refractivity contribution in [3.8, 4) is 5.75 Å². The second kappa shape index (κ2) is 11.2. The number of thioether (sulfide) groups is 1. The summed E-state index contributed by atoms with van der Waals surface area (Å²) in [4.78, 5) is 13.2. The lowest BCUT2D eigenvalue weighted by Crippen LogP contribution is -2.37. The van der Waals surface area contributed by atoms with Crippen LogP contribution in [0, 0.1) is 0 Å². The van der Waals surface area contributed by atoms with Crippen molar-refractivity contribution in [2.24, 2.45) is 0 Å². The summed E-state index contributed by atoms with van der Waals surface area (Å²) in [6.45, 7) is 21.9. The number of benzene rings is 1. The number of rotatable bonds is 10. The Kier molecular flexibility index (Phi) is 10.2. The highest BCUT2D eigenvalue weighted by Crippen LogP contribution is 2.43. The molecule has 0 unspecified atom stereocenters. The smallest absolute Gasteiger partial charge is 0.308 e. The van der Waals surface area contributed by atoms with Crippen LogP contribution in [-0.4, -0.2) is 19.4 Å². The molecule has 0 fully saturated rings. The SMILES string of the molecule is CCC[Si](CCC)(CCC)CSc1cc(C(C)(C)C)c(OC(C)=O)cc1C(C)(C)C. The maximum atomic E-state index is 11.8. The zero-order valence-electron chi connectivity index (χ0n) is 21.3. The molecule has 1 aromatic carbocycles. The number of carbonyl (C=O) groups is 1. The predicted octanol–water partition coefficient (Wildman–Crippen LogP) is 8.52. The van der Waals surface area contributed by atoms with Gasteiger partial charge in [-0.05, 0) is 33.9 Å².